The fourth-order valence-electron chi connectivity index (χ4n) is 9.13. The number of nitrogens with zero attached hydrogens (tertiary/aromatic N) is 5. The Bertz CT molecular complexity index is 2160. The van der Waals surface area contributed by atoms with E-state index in [2.05, 4.69) is 12.1 Å². The summed E-state index contributed by atoms with van der Waals surface area (Å²) >= 11 is 0. The van der Waals surface area contributed by atoms with Crippen LogP contribution in [-0.4, -0.2) is 59.6 Å². The summed E-state index contributed by atoms with van der Waals surface area (Å²) in [5, 5.41) is 18.4. The van der Waals surface area contributed by atoms with Crippen molar-refractivity contribution >= 4 is 35.0 Å². The molecule has 10 nitrogen and oxygen atoms in total. The van der Waals surface area contributed by atoms with Gasteiger partial charge in [0.15, 0.2) is 0 Å². The van der Waals surface area contributed by atoms with Crippen molar-refractivity contribution in [2.24, 2.45) is 11.1 Å². The third-order valence-electron chi connectivity index (χ3n) is 13.1. The highest BCUT2D eigenvalue weighted by atomic mass is 16.2. The minimum absolute atomic E-state index is 0.102. The van der Waals surface area contributed by atoms with Crippen LogP contribution in [-0.2, 0) is 9.59 Å². The van der Waals surface area contributed by atoms with Gasteiger partial charge in [-0.2, -0.15) is 10.5 Å². The second-order valence-corrected chi connectivity index (χ2v) is 16.7. The zero-order chi connectivity index (χ0) is 41.7. The van der Waals surface area contributed by atoms with Gasteiger partial charge in [-0.05, 0) is 148 Å². The zero-order valence-electron chi connectivity index (χ0n) is 34.1. The zero-order valence-corrected chi connectivity index (χ0v) is 34.1. The van der Waals surface area contributed by atoms with Crippen LogP contribution >= 0.6 is 0 Å². The Morgan fingerprint density at radius 3 is 1.46 bits per heavy atom. The van der Waals surface area contributed by atoms with Gasteiger partial charge in [-0.3, -0.25) is 24.1 Å². The number of hydrogen-bond donors (Lipinski definition) is 1. The van der Waals surface area contributed by atoms with Gasteiger partial charge in [0.25, 0.3) is 11.8 Å². The van der Waals surface area contributed by atoms with Crippen molar-refractivity contribution in [3.05, 3.63) is 129 Å². The van der Waals surface area contributed by atoms with E-state index >= 15 is 0 Å². The standard InChI is InChI=1S/C49H52N6O4/c1-33-6-12-41(46(57)53-25-18-39(19-26-53)37-14-8-35(31-50)9-15-37)29-43(33)55(45(56)5-3-22-49(48(52)59)23-4-24-49)44-30-42(13-7-34(44)2)47(58)54-27-20-40(21-28-54)38-16-10-36(32-51)11-17-38/h6-17,29-30,39-40H,3-5,18-28H2,1-2H3,(H2,52,59). The number of carbonyl (C=O) groups is 4. The monoisotopic (exact) mass is 788 g/mol. The summed E-state index contributed by atoms with van der Waals surface area (Å²) in [6, 6.07) is 30.7. The van der Waals surface area contributed by atoms with Gasteiger partial charge in [0, 0.05) is 49.1 Å². The molecule has 1 saturated carbocycles. The first kappa shape index (κ1) is 40.9. The van der Waals surface area contributed by atoms with E-state index in [1.54, 1.807) is 17.0 Å². The van der Waals surface area contributed by atoms with E-state index in [4.69, 9.17) is 5.73 Å². The number of rotatable bonds is 11. The van der Waals surface area contributed by atoms with Crippen molar-refractivity contribution in [2.75, 3.05) is 31.1 Å². The Kier molecular flexibility index (Phi) is 12.3. The van der Waals surface area contributed by atoms with E-state index in [0.29, 0.717) is 84.5 Å². The van der Waals surface area contributed by atoms with Crippen molar-refractivity contribution in [1.29, 1.82) is 10.5 Å². The number of carbonyl (C=O) groups excluding carboxylic acids is 4. The van der Waals surface area contributed by atoms with Crippen LogP contribution in [0.1, 0.15) is 130 Å². The third kappa shape index (κ3) is 8.78. The number of benzene rings is 4. The van der Waals surface area contributed by atoms with Crippen LogP contribution in [0.3, 0.4) is 0 Å². The minimum Gasteiger partial charge on any atom is -0.369 e. The van der Waals surface area contributed by atoms with Crippen LogP contribution in [0, 0.1) is 41.9 Å². The van der Waals surface area contributed by atoms with Gasteiger partial charge in [-0.25, -0.2) is 0 Å². The van der Waals surface area contributed by atoms with Gasteiger partial charge >= 0.3 is 0 Å². The maximum absolute atomic E-state index is 14.6. The van der Waals surface area contributed by atoms with Gasteiger partial charge < -0.3 is 15.5 Å². The fraction of sp³-hybridized carbons (Fsp3) is 0.388. The molecule has 7 rings (SSSR count). The summed E-state index contributed by atoms with van der Waals surface area (Å²) in [5.41, 5.74) is 12.6. The summed E-state index contributed by atoms with van der Waals surface area (Å²) < 4.78 is 0. The van der Waals surface area contributed by atoms with Gasteiger partial charge in [0.05, 0.1) is 34.6 Å². The smallest absolute Gasteiger partial charge is 0.253 e. The van der Waals surface area contributed by atoms with Crippen molar-refractivity contribution < 1.29 is 19.2 Å². The number of hydrogen-bond acceptors (Lipinski definition) is 6. The first-order valence-electron chi connectivity index (χ1n) is 20.9. The molecular weight excluding hydrogens is 737 g/mol. The molecule has 302 valence electrons. The van der Waals surface area contributed by atoms with Crippen LogP contribution in [0.25, 0.3) is 0 Å². The maximum atomic E-state index is 14.6. The largest absolute Gasteiger partial charge is 0.369 e. The van der Waals surface area contributed by atoms with Gasteiger partial charge in [0.1, 0.15) is 0 Å². The molecule has 3 aliphatic rings. The maximum Gasteiger partial charge on any atom is 0.253 e. The summed E-state index contributed by atoms with van der Waals surface area (Å²) in [5.74, 6) is -0.0939. The molecule has 2 saturated heterocycles. The molecule has 4 aromatic carbocycles. The van der Waals surface area contributed by atoms with E-state index in [1.807, 2.05) is 96.4 Å². The number of piperidine rings is 2. The lowest BCUT2D eigenvalue weighted by atomic mass is 9.65. The normalized spacial score (nSPS) is 16.7. The number of primary amides is 1. The second kappa shape index (κ2) is 17.7. The molecule has 0 unspecified atom stereocenters. The molecule has 59 heavy (non-hydrogen) atoms. The predicted octanol–water partition coefficient (Wildman–Crippen LogP) is 8.58. The Hall–Kier alpha value is -6.26. The van der Waals surface area contributed by atoms with Crippen LogP contribution in [0.5, 0.6) is 0 Å². The molecule has 10 heteroatoms. The Balaban J connectivity index is 1.13. The SMILES string of the molecule is Cc1ccc(C(=O)N2CCC(c3ccc(C#N)cc3)CC2)cc1N(C(=O)CCCC1(C(N)=O)CCC1)c1cc(C(=O)N2CCC(c3ccc(C#N)cc3)CC2)ccc1C. The van der Waals surface area contributed by atoms with Gasteiger partial charge in [0.2, 0.25) is 11.8 Å². The van der Waals surface area contributed by atoms with Crippen LogP contribution in [0.2, 0.25) is 0 Å². The van der Waals surface area contributed by atoms with Crippen molar-refractivity contribution in [3.63, 3.8) is 0 Å². The molecule has 0 spiro atoms. The second-order valence-electron chi connectivity index (χ2n) is 16.7. The topological polar surface area (TPSA) is 152 Å². The number of likely N-dealkylation sites (tertiary alicyclic amines) is 2. The van der Waals surface area contributed by atoms with Crippen LogP contribution < -0.4 is 10.6 Å². The molecule has 2 aliphatic heterocycles. The van der Waals surface area contributed by atoms with Gasteiger partial charge in [-0.15, -0.1) is 0 Å². The van der Waals surface area contributed by atoms with E-state index in [1.165, 1.54) is 11.1 Å². The highest BCUT2D eigenvalue weighted by Gasteiger charge is 2.42. The van der Waals surface area contributed by atoms with Crippen molar-refractivity contribution in [1.82, 2.24) is 9.80 Å². The molecule has 1 aliphatic carbocycles. The fourth-order valence-corrected chi connectivity index (χ4v) is 9.13. The molecule has 3 fully saturated rings. The minimum atomic E-state index is -0.559. The molecule has 2 heterocycles. The van der Waals surface area contributed by atoms with E-state index in [9.17, 15) is 29.7 Å². The molecular formula is C49H52N6O4. The lowest BCUT2D eigenvalue weighted by molar-refractivity contribution is -0.133. The first-order valence-corrected chi connectivity index (χ1v) is 20.9. The first-order chi connectivity index (χ1) is 28.5. The number of anilines is 2. The van der Waals surface area contributed by atoms with Crippen LogP contribution in [0.4, 0.5) is 11.4 Å². The Morgan fingerprint density at radius 2 is 1.10 bits per heavy atom. The molecule has 2 N–H and O–H groups in total. The summed E-state index contributed by atoms with van der Waals surface area (Å²) in [6.45, 7) is 6.20. The highest BCUT2D eigenvalue weighted by Crippen LogP contribution is 2.45. The van der Waals surface area contributed by atoms with Crippen molar-refractivity contribution in [2.45, 2.75) is 89.9 Å². The highest BCUT2D eigenvalue weighted by molar-refractivity contribution is 6.05. The van der Waals surface area contributed by atoms with E-state index < -0.39 is 5.41 Å². The lowest BCUT2D eigenvalue weighted by Crippen LogP contribution is -2.42. The summed E-state index contributed by atoms with van der Waals surface area (Å²) in [4.78, 5) is 60.6. The van der Waals surface area contributed by atoms with Crippen LogP contribution in [0.15, 0.2) is 84.9 Å². The molecule has 0 atom stereocenters. The number of nitriles is 2. The Labute approximate surface area is 347 Å². The molecule has 0 bridgehead atoms. The average Bonchev–Trinajstić information content (AvgIpc) is 3.25. The summed E-state index contributed by atoms with van der Waals surface area (Å²) in [7, 11) is 0. The summed E-state index contributed by atoms with van der Waals surface area (Å²) in [6.07, 6.45) is 6.83. The molecule has 0 aromatic heterocycles. The predicted molar refractivity (Wildman–Crippen MR) is 227 cm³/mol. The Morgan fingerprint density at radius 1 is 0.678 bits per heavy atom. The van der Waals surface area contributed by atoms with E-state index in [0.717, 1.165) is 56.1 Å². The van der Waals surface area contributed by atoms with Crippen molar-refractivity contribution in [3.8, 4) is 12.1 Å². The number of nitrogens with two attached hydrogens (primary N) is 1. The third-order valence-corrected chi connectivity index (χ3v) is 13.1. The number of aryl methyl sites for hydroxylation is 2. The molecule has 0 radical (unpaired) electrons. The van der Waals surface area contributed by atoms with E-state index in [-0.39, 0.29) is 30.0 Å². The van der Waals surface area contributed by atoms with Gasteiger partial charge in [-0.1, -0.05) is 42.8 Å². The molecule has 4 amide bonds. The quantitative estimate of drug-likeness (QED) is 0.161. The lowest BCUT2D eigenvalue weighted by Gasteiger charge is -2.39. The number of amides is 4. The molecule has 4 aromatic rings. The average molecular weight is 789 g/mol.